The second-order valence-corrected chi connectivity index (χ2v) is 21.3. The molecule has 0 radical (unpaired) electrons. The molecule has 1 atom stereocenters. The molecule has 1 unspecified atom stereocenters. The third kappa shape index (κ3) is 62.8. The largest absolute Gasteiger partial charge is 0.462 e. The summed E-state index contributed by atoms with van der Waals surface area (Å²) in [4.78, 5) is 38.3. The van der Waals surface area contributed by atoms with Crippen molar-refractivity contribution in [3.63, 3.8) is 0 Å². The van der Waals surface area contributed by atoms with Crippen molar-refractivity contribution in [2.75, 3.05) is 13.2 Å². The van der Waals surface area contributed by atoms with Crippen molar-refractivity contribution < 1.29 is 28.6 Å². The molecule has 0 N–H and O–H groups in total. The molecule has 6 heteroatoms. The predicted octanol–water partition coefficient (Wildman–Crippen LogP) is 22.2. The van der Waals surface area contributed by atoms with Gasteiger partial charge in [-0.05, 0) is 128 Å². The Kier molecular flexibility index (Phi) is 61.3. The summed E-state index contributed by atoms with van der Waals surface area (Å²) in [6, 6.07) is 0. The predicted molar refractivity (Wildman–Crippen MR) is 334 cm³/mol. The van der Waals surface area contributed by atoms with Gasteiger partial charge in [-0.25, -0.2) is 0 Å². The minimum absolute atomic E-state index is 0.0956. The average molecular weight is 1070 g/mol. The molecule has 0 aromatic rings. The number of hydrogen-bond donors (Lipinski definition) is 0. The van der Waals surface area contributed by atoms with E-state index in [1.165, 1.54) is 161 Å². The van der Waals surface area contributed by atoms with E-state index in [2.05, 4.69) is 130 Å². The van der Waals surface area contributed by atoms with Gasteiger partial charge in [-0.1, -0.05) is 265 Å². The molecule has 0 aliphatic rings. The number of carbonyl (C=O) groups is 3. The van der Waals surface area contributed by atoms with Crippen molar-refractivity contribution in [2.45, 2.75) is 309 Å². The maximum Gasteiger partial charge on any atom is 0.306 e. The summed E-state index contributed by atoms with van der Waals surface area (Å²) >= 11 is 0. The van der Waals surface area contributed by atoms with Crippen molar-refractivity contribution in [2.24, 2.45) is 0 Å². The van der Waals surface area contributed by atoms with Gasteiger partial charge in [0.2, 0.25) is 0 Å². The first-order valence-corrected chi connectivity index (χ1v) is 32.4. The fourth-order valence-electron chi connectivity index (χ4n) is 8.88. The van der Waals surface area contributed by atoms with E-state index in [1.807, 2.05) is 0 Å². The van der Waals surface area contributed by atoms with Gasteiger partial charge in [-0.3, -0.25) is 14.4 Å². The fourth-order valence-corrected chi connectivity index (χ4v) is 8.88. The molecule has 0 aromatic heterocycles. The molecule has 0 saturated carbocycles. The van der Waals surface area contributed by atoms with Gasteiger partial charge in [-0.2, -0.15) is 0 Å². The maximum absolute atomic E-state index is 12.9. The van der Waals surface area contributed by atoms with Crippen LogP contribution in [0.2, 0.25) is 0 Å². The van der Waals surface area contributed by atoms with Crippen LogP contribution in [0.4, 0.5) is 0 Å². The molecule has 0 spiro atoms. The Morgan fingerprint density at radius 3 is 0.844 bits per heavy atom. The van der Waals surface area contributed by atoms with Gasteiger partial charge in [0, 0.05) is 19.3 Å². The van der Waals surface area contributed by atoms with Gasteiger partial charge in [0.05, 0.1) is 0 Å². The van der Waals surface area contributed by atoms with Crippen LogP contribution < -0.4 is 0 Å². The van der Waals surface area contributed by atoms with Crippen LogP contribution in [-0.2, 0) is 28.6 Å². The van der Waals surface area contributed by atoms with Crippen molar-refractivity contribution in [1.29, 1.82) is 0 Å². The van der Waals surface area contributed by atoms with Crippen molar-refractivity contribution in [1.82, 2.24) is 0 Å². The smallest absolute Gasteiger partial charge is 0.306 e. The lowest BCUT2D eigenvalue weighted by molar-refractivity contribution is -0.167. The highest BCUT2D eigenvalue weighted by molar-refractivity contribution is 5.71. The number of esters is 3. The Labute approximate surface area is 476 Å². The second-order valence-electron chi connectivity index (χ2n) is 21.3. The lowest BCUT2D eigenvalue weighted by atomic mass is 10.0. The molecule has 440 valence electrons. The average Bonchev–Trinajstić information content (AvgIpc) is 3.43. The molecule has 6 nitrogen and oxygen atoms in total. The molecule has 0 heterocycles. The molecule has 0 rings (SSSR count). The van der Waals surface area contributed by atoms with E-state index in [1.54, 1.807) is 0 Å². The highest BCUT2D eigenvalue weighted by Crippen LogP contribution is 2.16. The lowest BCUT2D eigenvalue weighted by Crippen LogP contribution is -2.30. The van der Waals surface area contributed by atoms with Gasteiger partial charge in [0.25, 0.3) is 0 Å². The number of carbonyl (C=O) groups excluding carboxylic acids is 3. The van der Waals surface area contributed by atoms with E-state index in [-0.39, 0.29) is 31.1 Å². The highest BCUT2D eigenvalue weighted by Gasteiger charge is 2.19. The van der Waals surface area contributed by atoms with Crippen molar-refractivity contribution in [3.8, 4) is 0 Å². The van der Waals surface area contributed by atoms with Gasteiger partial charge in [0.1, 0.15) is 13.2 Å². The standard InChI is InChI=1S/C71H120O6/c1-4-7-10-13-16-19-22-25-28-30-32-33-34-35-36-37-39-40-43-46-49-52-55-58-61-64-70(73)76-67-68(66-75-69(72)63-60-57-54-51-48-45-42-27-24-21-18-15-12-9-6-3)77-71(74)65-62-59-56-53-50-47-44-41-38-31-29-26-23-20-17-14-11-8-5-2/h9,12,17-18,20-22,25-27,29-30,32,34-35,42,48,51,68H,4-8,10-11,13-16,19,23-24,28,31,33,36-41,43-47,49-50,52-67H2,1-3H3/b12-9-,20-17-,21-18-,25-22-,29-26-,32-30-,35-34-,42-27-,51-48-. The first kappa shape index (κ1) is 73.1. The quantitative estimate of drug-likeness (QED) is 0.0261. The normalized spacial score (nSPS) is 12.8. The summed E-state index contributed by atoms with van der Waals surface area (Å²) in [5, 5.41) is 0. The first-order valence-electron chi connectivity index (χ1n) is 32.4. The summed E-state index contributed by atoms with van der Waals surface area (Å²) in [5.74, 6) is -0.940. The van der Waals surface area contributed by atoms with Crippen LogP contribution in [0.25, 0.3) is 0 Å². The van der Waals surface area contributed by atoms with Gasteiger partial charge < -0.3 is 14.2 Å². The molecule has 77 heavy (non-hydrogen) atoms. The fraction of sp³-hybridized carbons (Fsp3) is 0.704. The summed E-state index contributed by atoms with van der Waals surface area (Å²) in [6.07, 6.45) is 88.1. The molecule has 0 aliphatic carbocycles. The number of unbranched alkanes of at least 4 members (excludes halogenated alkanes) is 29. The van der Waals surface area contributed by atoms with E-state index in [9.17, 15) is 14.4 Å². The number of allylic oxidation sites excluding steroid dienone is 18. The van der Waals surface area contributed by atoms with Gasteiger partial charge in [0.15, 0.2) is 6.10 Å². The third-order valence-electron chi connectivity index (χ3n) is 13.7. The van der Waals surface area contributed by atoms with E-state index < -0.39 is 6.10 Å². The van der Waals surface area contributed by atoms with Crippen LogP contribution >= 0.6 is 0 Å². The Balaban J connectivity index is 4.39. The summed E-state index contributed by atoms with van der Waals surface area (Å²) in [6.45, 7) is 6.47. The van der Waals surface area contributed by atoms with Gasteiger partial charge >= 0.3 is 17.9 Å². The molecule has 0 saturated heterocycles. The molecule has 0 aliphatic heterocycles. The van der Waals surface area contributed by atoms with Crippen LogP contribution in [0.3, 0.4) is 0 Å². The van der Waals surface area contributed by atoms with Gasteiger partial charge in [-0.15, -0.1) is 0 Å². The molecule has 0 fully saturated rings. The second kappa shape index (κ2) is 64.6. The molecule has 0 aromatic carbocycles. The van der Waals surface area contributed by atoms with Crippen molar-refractivity contribution in [3.05, 3.63) is 109 Å². The lowest BCUT2D eigenvalue weighted by Gasteiger charge is -2.18. The molecular formula is C71H120O6. The van der Waals surface area contributed by atoms with Crippen molar-refractivity contribution >= 4 is 17.9 Å². The highest BCUT2D eigenvalue weighted by atomic mass is 16.6. The summed E-state index contributed by atoms with van der Waals surface area (Å²) in [7, 11) is 0. The Bertz CT molecular complexity index is 1560. The Hall–Kier alpha value is -3.93. The third-order valence-corrected chi connectivity index (χ3v) is 13.7. The SMILES string of the molecule is CC/C=C\C/C=C\C/C=C\C/C=C\CCCCC(=O)OCC(COC(=O)CCCCCCCCCCCC/C=C\C/C=C\C/C=C\CCCCCCC)OC(=O)CCCCCCCCCCC/C=C\C/C=C\CCCCC. The number of ether oxygens (including phenoxy) is 3. The van der Waals surface area contributed by atoms with Crippen LogP contribution in [-0.4, -0.2) is 37.2 Å². The molecular weight excluding hydrogens is 949 g/mol. The summed E-state index contributed by atoms with van der Waals surface area (Å²) in [5.41, 5.74) is 0. The van der Waals surface area contributed by atoms with Crippen LogP contribution in [0.5, 0.6) is 0 Å². The maximum atomic E-state index is 12.9. The van der Waals surface area contributed by atoms with Crippen LogP contribution in [0.1, 0.15) is 303 Å². The first-order chi connectivity index (χ1) is 38.0. The minimum Gasteiger partial charge on any atom is -0.462 e. The van der Waals surface area contributed by atoms with Crippen LogP contribution in [0, 0.1) is 0 Å². The van der Waals surface area contributed by atoms with E-state index in [0.717, 1.165) is 103 Å². The topological polar surface area (TPSA) is 78.9 Å². The van der Waals surface area contributed by atoms with E-state index >= 15 is 0 Å². The molecule has 0 bridgehead atoms. The zero-order valence-corrected chi connectivity index (χ0v) is 50.4. The Morgan fingerprint density at radius 2 is 0.506 bits per heavy atom. The molecule has 0 amide bonds. The zero-order valence-electron chi connectivity index (χ0n) is 50.4. The van der Waals surface area contributed by atoms with E-state index in [4.69, 9.17) is 14.2 Å². The summed E-state index contributed by atoms with van der Waals surface area (Å²) < 4.78 is 16.9. The minimum atomic E-state index is -0.802. The van der Waals surface area contributed by atoms with E-state index in [0.29, 0.717) is 19.3 Å². The number of hydrogen-bond acceptors (Lipinski definition) is 6. The van der Waals surface area contributed by atoms with Crippen LogP contribution in [0.15, 0.2) is 109 Å². The Morgan fingerprint density at radius 1 is 0.273 bits per heavy atom. The monoisotopic (exact) mass is 1070 g/mol. The number of rotatable bonds is 58. The zero-order chi connectivity index (χ0) is 55.7.